The standard InChI is InChI=1S/C27H29N3O4S/c1-2-14-35(33,34)28-24-12-13-25-23-15-19(17-30(25)27(24)32)16-29(18-23)26(31)22-10-8-21(9-11-22)20-6-4-3-5-7-20/h3-13,19,23,28H,2,14-18H2,1H3. The molecule has 7 nitrogen and oxygen atoms in total. The number of anilines is 1. The zero-order valence-corrected chi connectivity index (χ0v) is 20.5. The van der Waals surface area contributed by atoms with E-state index in [-0.39, 0.29) is 34.7 Å². The van der Waals surface area contributed by atoms with Crippen LogP contribution in [0.1, 0.15) is 41.7 Å². The van der Waals surface area contributed by atoms with Crippen molar-refractivity contribution in [2.75, 3.05) is 23.6 Å². The minimum absolute atomic E-state index is 0.000876. The van der Waals surface area contributed by atoms with Crippen molar-refractivity contribution in [1.29, 1.82) is 0 Å². The van der Waals surface area contributed by atoms with E-state index in [9.17, 15) is 18.0 Å². The first kappa shape index (κ1) is 23.4. The molecular formula is C27H29N3O4S. The SMILES string of the molecule is CCCS(=O)(=O)Nc1ccc2n(c1=O)CC1CC2CN(C(=O)c2ccc(-c3ccccc3)cc2)C1. The summed E-state index contributed by atoms with van der Waals surface area (Å²) >= 11 is 0. The number of sulfonamides is 1. The van der Waals surface area contributed by atoms with E-state index < -0.39 is 10.0 Å². The fourth-order valence-corrected chi connectivity index (χ4v) is 6.42. The van der Waals surface area contributed by atoms with Gasteiger partial charge in [0.2, 0.25) is 10.0 Å². The molecule has 2 atom stereocenters. The van der Waals surface area contributed by atoms with E-state index in [1.54, 1.807) is 17.6 Å². The highest BCUT2D eigenvalue weighted by Crippen LogP contribution is 2.36. The number of rotatable bonds is 6. The number of piperidine rings is 1. The molecule has 0 aliphatic carbocycles. The van der Waals surface area contributed by atoms with Gasteiger partial charge in [-0.3, -0.25) is 14.3 Å². The van der Waals surface area contributed by atoms with Gasteiger partial charge in [-0.05, 0) is 54.2 Å². The first-order chi connectivity index (χ1) is 16.8. The quantitative estimate of drug-likeness (QED) is 0.566. The zero-order valence-electron chi connectivity index (χ0n) is 19.7. The number of fused-ring (bicyclic) bond motifs is 4. The van der Waals surface area contributed by atoms with E-state index in [1.807, 2.05) is 65.6 Å². The summed E-state index contributed by atoms with van der Waals surface area (Å²) in [5.74, 6) is 0.167. The van der Waals surface area contributed by atoms with Crippen LogP contribution >= 0.6 is 0 Å². The molecule has 0 saturated carbocycles. The lowest BCUT2D eigenvalue weighted by atomic mass is 9.83. The molecule has 1 saturated heterocycles. The van der Waals surface area contributed by atoms with Crippen LogP contribution in [-0.4, -0.2) is 42.6 Å². The van der Waals surface area contributed by atoms with Crippen molar-refractivity contribution in [2.24, 2.45) is 5.92 Å². The third kappa shape index (κ3) is 4.75. The highest BCUT2D eigenvalue weighted by atomic mass is 32.2. The molecule has 2 aliphatic heterocycles. The normalized spacial score (nSPS) is 19.2. The fraction of sp³-hybridized carbons (Fsp3) is 0.333. The van der Waals surface area contributed by atoms with Crippen molar-refractivity contribution in [3.8, 4) is 11.1 Å². The number of aromatic nitrogens is 1. The van der Waals surface area contributed by atoms with E-state index in [1.165, 1.54) is 0 Å². The van der Waals surface area contributed by atoms with Crippen molar-refractivity contribution in [3.63, 3.8) is 0 Å². The highest BCUT2D eigenvalue weighted by molar-refractivity contribution is 7.92. The van der Waals surface area contributed by atoms with Gasteiger partial charge in [0.1, 0.15) is 5.69 Å². The Morgan fingerprint density at radius 1 is 0.943 bits per heavy atom. The average molecular weight is 492 g/mol. The zero-order chi connectivity index (χ0) is 24.6. The molecule has 2 bridgehead atoms. The van der Waals surface area contributed by atoms with Gasteiger partial charge >= 0.3 is 0 Å². The molecular weight excluding hydrogens is 462 g/mol. The second kappa shape index (κ2) is 9.34. The first-order valence-electron chi connectivity index (χ1n) is 12.0. The van der Waals surface area contributed by atoms with E-state index >= 15 is 0 Å². The maximum Gasteiger partial charge on any atom is 0.275 e. The predicted molar refractivity (Wildman–Crippen MR) is 137 cm³/mol. The monoisotopic (exact) mass is 491 g/mol. The molecule has 3 aromatic rings. The van der Waals surface area contributed by atoms with E-state index in [4.69, 9.17) is 0 Å². The summed E-state index contributed by atoms with van der Waals surface area (Å²) in [6.45, 7) is 3.37. The Kier molecular flexibility index (Phi) is 6.23. The second-order valence-corrected chi connectivity index (χ2v) is 11.3. The predicted octanol–water partition coefficient (Wildman–Crippen LogP) is 3.93. The molecule has 8 heteroatoms. The molecule has 1 fully saturated rings. The fourth-order valence-electron chi connectivity index (χ4n) is 5.30. The van der Waals surface area contributed by atoms with Crippen LogP contribution in [0.4, 0.5) is 5.69 Å². The number of carbonyl (C=O) groups excluding carboxylic acids is 1. The molecule has 2 unspecified atom stereocenters. The van der Waals surface area contributed by atoms with Gasteiger partial charge < -0.3 is 9.47 Å². The van der Waals surface area contributed by atoms with Gasteiger partial charge in [-0.1, -0.05) is 49.4 Å². The number of pyridine rings is 1. The number of carbonyl (C=O) groups is 1. The largest absolute Gasteiger partial charge is 0.338 e. The summed E-state index contributed by atoms with van der Waals surface area (Å²) < 4.78 is 28.5. The number of nitrogens with one attached hydrogen (secondary N) is 1. The molecule has 182 valence electrons. The molecule has 0 spiro atoms. The molecule has 35 heavy (non-hydrogen) atoms. The van der Waals surface area contributed by atoms with Crippen LogP contribution in [0.5, 0.6) is 0 Å². The van der Waals surface area contributed by atoms with Gasteiger partial charge in [-0.2, -0.15) is 0 Å². The number of nitrogens with zero attached hydrogens (tertiary/aromatic N) is 2. The third-order valence-corrected chi connectivity index (χ3v) is 8.35. The molecule has 1 aromatic heterocycles. The van der Waals surface area contributed by atoms with E-state index in [0.29, 0.717) is 31.6 Å². The van der Waals surface area contributed by atoms with Crippen molar-refractivity contribution >= 4 is 21.6 Å². The van der Waals surface area contributed by atoms with Crippen molar-refractivity contribution < 1.29 is 13.2 Å². The summed E-state index contributed by atoms with van der Waals surface area (Å²) in [5.41, 5.74) is 3.47. The van der Waals surface area contributed by atoms with Crippen LogP contribution in [0.15, 0.2) is 71.5 Å². The number of hydrogen-bond acceptors (Lipinski definition) is 4. The Hall–Kier alpha value is -3.39. The molecule has 0 radical (unpaired) electrons. The summed E-state index contributed by atoms with van der Waals surface area (Å²) in [7, 11) is -3.54. The van der Waals surface area contributed by atoms with Crippen LogP contribution in [0.25, 0.3) is 11.1 Å². The van der Waals surface area contributed by atoms with Gasteiger partial charge in [-0.25, -0.2) is 8.42 Å². The summed E-state index contributed by atoms with van der Waals surface area (Å²) in [4.78, 5) is 28.3. The Morgan fingerprint density at radius 3 is 2.37 bits per heavy atom. The lowest BCUT2D eigenvalue weighted by Gasteiger charge is -2.43. The number of amides is 1. The molecule has 2 aromatic carbocycles. The van der Waals surface area contributed by atoms with Crippen LogP contribution in [-0.2, 0) is 16.6 Å². The molecule has 2 aliphatic rings. The highest BCUT2D eigenvalue weighted by Gasteiger charge is 2.37. The van der Waals surface area contributed by atoms with Crippen molar-refractivity contribution in [1.82, 2.24) is 9.47 Å². The third-order valence-electron chi connectivity index (χ3n) is 6.87. The summed E-state index contributed by atoms with van der Waals surface area (Å²) in [6.07, 6.45) is 1.39. The Balaban J connectivity index is 1.34. The van der Waals surface area contributed by atoms with Crippen molar-refractivity contribution in [3.05, 3.63) is 88.3 Å². The average Bonchev–Trinajstić information content (AvgIpc) is 2.86. The maximum absolute atomic E-state index is 13.3. The Bertz CT molecular complexity index is 1400. The summed E-state index contributed by atoms with van der Waals surface area (Å²) in [5, 5.41) is 0. The topological polar surface area (TPSA) is 88.5 Å². The lowest BCUT2D eigenvalue weighted by molar-refractivity contribution is 0.0594. The summed E-state index contributed by atoms with van der Waals surface area (Å²) in [6, 6.07) is 21.1. The number of hydrogen-bond donors (Lipinski definition) is 1. The van der Waals surface area contributed by atoms with Crippen LogP contribution in [0.2, 0.25) is 0 Å². The number of likely N-dealkylation sites (tertiary alicyclic amines) is 1. The van der Waals surface area contributed by atoms with Gasteiger partial charge in [-0.15, -0.1) is 0 Å². The minimum atomic E-state index is -3.54. The Morgan fingerprint density at radius 2 is 1.66 bits per heavy atom. The Labute approximate surface area is 205 Å². The van der Waals surface area contributed by atoms with Crippen LogP contribution in [0.3, 0.4) is 0 Å². The first-order valence-corrected chi connectivity index (χ1v) is 13.7. The van der Waals surface area contributed by atoms with Crippen LogP contribution in [0, 0.1) is 5.92 Å². The molecule has 1 N–H and O–H groups in total. The van der Waals surface area contributed by atoms with Gasteiger partial charge in [0.15, 0.2) is 0 Å². The molecule has 5 rings (SSSR count). The van der Waals surface area contributed by atoms with Crippen molar-refractivity contribution in [2.45, 2.75) is 32.2 Å². The smallest absolute Gasteiger partial charge is 0.275 e. The molecule has 1 amide bonds. The lowest BCUT2D eigenvalue weighted by Crippen LogP contribution is -2.49. The minimum Gasteiger partial charge on any atom is -0.338 e. The number of benzene rings is 2. The van der Waals surface area contributed by atoms with Crippen LogP contribution < -0.4 is 10.3 Å². The maximum atomic E-state index is 13.3. The second-order valence-electron chi connectivity index (χ2n) is 9.46. The van der Waals surface area contributed by atoms with Gasteiger partial charge in [0, 0.05) is 36.8 Å². The molecule has 3 heterocycles. The van der Waals surface area contributed by atoms with E-state index in [0.717, 1.165) is 23.2 Å². The van der Waals surface area contributed by atoms with E-state index in [2.05, 4.69) is 4.72 Å². The van der Waals surface area contributed by atoms with Gasteiger partial charge in [0.25, 0.3) is 11.5 Å². The van der Waals surface area contributed by atoms with Gasteiger partial charge in [0.05, 0.1) is 5.75 Å².